The number of fused-ring (bicyclic) bond motifs is 1. The number of nitrogens with one attached hydrogen (secondary N) is 1. The maximum atomic E-state index is 13.8. The molecule has 0 spiro atoms. The van der Waals surface area contributed by atoms with Crippen LogP contribution in [0.25, 0.3) is 11.0 Å². The Balaban J connectivity index is 2.11. The van der Waals surface area contributed by atoms with Gasteiger partial charge in [-0.15, -0.1) is 0 Å². The average molecular weight is 312 g/mol. The van der Waals surface area contributed by atoms with Crippen LogP contribution in [0.15, 0.2) is 18.3 Å². The molecule has 0 aliphatic carbocycles. The van der Waals surface area contributed by atoms with Gasteiger partial charge in [0.15, 0.2) is 0 Å². The number of halogens is 1. The topological polar surface area (TPSA) is 98.6 Å². The van der Waals surface area contributed by atoms with Crippen LogP contribution >= 0.6 is 12.2 Å². The first-order chi connectivity index (χ1) is 10.0. The number of H-pyrrole nitrogens is 1. The normalized spacial score (nSPS) is 29.1. The molecule has 3 heterocycles. The molecule has 0 aromatic carbocycles. The number of ether oxygens (including phenoxy) is 1. The van der Waals surface area contributed by atoms with E-state index in [1.54, 1.807) is 0 Å². The molecule has 0 amide bonds. The third-order valence-corrected chi connectivity index (χ3v) is 3.92. The molecule has 2 aromatic heterocycles. The molecule has 4 atom stereocenters. The number of aromatic amines is 1. The Kier molecular flexibility index (Phi) is 3.72. The van der Waals surface area contributed by atoms with Crippen LogP contribution in [0, 0.1) is 10.5 Å². The van der Waals surface area contributed by atoms with Gasteiger partial charge in [0.2, 0.25) is 0 Å². The van der Waals surface area contributed by atoms with Gasteiger partial charge in [-0.2, -0.15) is 0 Å². The van der Waals surface area contributed by atoms with Gasteiger partial charge in [-0.05, 0) is 12.1 Å². The summed E-state index contributed by atoms with van der Waals surface area (Å²) in [5, 5.41) is 29.1. The summed E-state index contributed by atoms with van der Waals surface area (Å²) in [6, 6.07) is 2.65. The lowest BCUT2D eigenvalue weighted by Gasteiger charge is -2.15. The highest BCUT2D eigenvalue weighted by molar-refractivity contribution is 7.71. The molecule has 1 aliphatic rings. The van der Waals surface area contributed by atoms with Crippen LogP contribution in [0.3, 0.4) is 0 Å². The zero-order valence-electron chi connectivity index (χ0n) is 10.7. The van der Waals surface area contributed by atoms with Gasteiger partial charge in [0, 0.05) is 11.8 Å². The maximum absolute atomic E-state index is 13.8. The number of hydrogen-bond acceptors (Lipinski definition) is 6. The Bertz CT molecular complexity index is 738. The summed E-state index contributed by atoms with van der Waals surface area (Å²) in [4.78, 5) is 6.75. The molecular weight excluding hydrogens is 299 g/mol. The summed E-state index contributed by atoms with van der Waals surface area (Å²) < 4.78 is 19.5. The third kappa shape index (κ3) is 2.34. The monoisotopic (exact) mass is 312 g/mol. The van der Waals surface area contributed by atoms with E-state index in [0.717, 1.165) is 0 Å². The quantitative estimate of drug-likeness (QED) is 0.606. The van der Waals surface area contributed by atoms with Crippen molar-refractivity contribution in [3.8, 4) is 0 Å². The summed E-state index contributed by atoms with van der Waals surface area (Å²) in [7, 11) is 0. The molecule has 2 aromatic rings. The van der Waals surface area contributed by atoms with Gasteiger partial charge in [-0.25, -0.2) is 9.37 Å². The first-order valence-electron chi connectivity index (χ1n) is 6.33. The fourth-order valence-electron chi connectivity index (χ4n) is 2.46. The maximum Gasteiger partial charge on any atom is 0.141 e. The average Bonchev–Trinajstić information content (AvgIpc) is 2.75. The van der Waals surface area contributed by atoms with Crippen LogP contribution in [0.5, 0.6) is 0 Å². The summed E-state index contributed by atoms with van der Waals surface area (Å²) >= 11 is 5.17. The van der Waals surface area contributed by atoms with E-state index >= 15 is 0 Å². The Morgan fingerprint density at radius 3 is 2.81 bits per heavy atom. The highest BCUT2D eigenvalue weighted by Gasteiger charge is 2.43. The van der Waals surface area contributed by atoms with Gasteiger partial charge in [-0.1, -0.05) is 12.2 Å². The third-order valence-electron chi connectivity index (χ3n) is 3.58. The molecule has 8 heteroatoms. The molecule has 1 saturated heterocycles. The van der Waals surface area contributed by atoms with Gasteiger partial charge in [0.1, 0.15) is 40.5 Å². The van der Waals surface area contributed by atoms with Crippen molar-refractivity contribution in [1.82, 2.24) is 9.97 Å². The standard InChI is InChI=1S/C13H13FN2O4S/c14-7-1-2-15-12-5(7)3-6(13(21)16-12)11-10(19)9(18)8(4-17)20-11/h1-3,8-11,17-19H,4H2,(H,15,16,21)/t8-,9?,10?,11+/m1/s1. The van der Waals surface area contributed by atoms with Crippen molar-refractivity contribution >= 4 is 23.3 Å². The number of aliphatic hydroxyl groups is 3. The molecule has 1 aliphatic heterocycles. The number of rotatable bonds is 2. The summed E-state index contributed by atoms with van der Waals surface area (Å²) in [5.74, 6) is -0.487. The van der Waals surface area contributed by atoms with Gasteiger partial charge in [0.05, 0.1) is 12.0 Å². The first-order valence-corrected chi connectivity index (χ1v) is 6.73. The van der Waals surface area contributed by atoms with Crippen molar-refractivity contribution in [3.05, 3.63) is 34.4 Å². The second-order valence-electron chi connectivity index (χ2n) is 4.87. The van der Waals surface area contributed by atoms with E-state index in [1.807, 2.05) is 0 Å². The number of pyridine rings is 2. The molecule has 4 N–H and O–H groups in total. The van der Waals surface area contributed by atoms with Gasteiger partial charge in [-0.3, -0.25) is 0 Å². The lowest BCUT2D eigenvalue weighted by Crippen LogP contribution is -2.32. The molecule has 0 radical (unpaired) electrons. The molecule has 0 saturated carbocycles. The molecule has 112 valence electrons. The van der Waals surface area contributed by atoms with Crippen molar-refractivity contribution in [2.75, 3.05) is 6.61 Å². The van der Waals surface area contributed by atoms with Gasteiger partial charge >= 0.3 is 0 Å². The Morgan fingerprint density at radius 1 is 1.38 bits per heavy atom. The second-order valence-corrected chi connectivity index (χ2v) is 5.28. The van der Waals surface area contributed by atoms with Crippen LogP contribution in [0.4, 0.5) is 4.39 Å². The SMILES string of the molecule is OC[C@H]1O[C@@H](c2cc3c(F)ccnc3[nH]c2=S)C(O)C1O. The second kappa shape index (κ2) is 5.39. The van der Waals surface area contributed by atoms with Crippen molar-refractivity contribution in [2.45, 2.75) is 24.4 Å². The zero-order chi connectivity index (χ0) is 15.1. The number of aliphatic hydroxyl groups excluding tert-OH is 3. The molecule has 3 rings (SSSR count). The lowest BCUT2D eigenvalue weighted by atomic mass is 10.0. The van der Waals surface area contributed by atoms with E-state index < -0.39 is 36.8 Å². The van der Waals surface area contributed by atoms with Crippen molar-refractivity contribution in [2.24, 2.45) is 0 Å². The highest BCUT2D eigenvalue weighted by atomic mass is 32.1. The molecular formula is C13H13FN2O4S. The van der Waals surface area contributed by atoms with Crippen LogP contribution in [-0.2, 0) is 4.74 Å². The smallest absolute Gasteiger partial charge is 0.141 e. The first kappa shape index (κ1) is 14.5. The van der Waals surface area contributed by atoms with Gasteiger partial charge < -0.3 is 25.0 Å². The zero-order valence-corrected chi connectivity index (χ0v) is 11.5. The van der Waals surface area contributed by atoms with Crippen LogP contribution in [0.1, 0.15) is 11.7 Å². The molecule has 6 nitrogen and oxygen atoms in total. The predicted octanol–water partition coefficient (Wildman–Crippen LogP) is 0.585. The Hall–Kier alpha value is -1.45. The lowest BCUT2D eigenvalue weighted by molar-refractivity contribution is -0.0229. The Morgan fingerprint density at radius 2 is 2.14 bits per heavy atom. The number of hydrogen-bond donors (Lipinski definition) is 4. The van der Waals surface area contributed by atoms with E-state index in [4.69, 9.17) is 22.1 Å². The molecule has 1 fully saturated rings. The van der Waals surface area contributed by atoms with Crippen LogP contribution < -0.4 is 0 Å². The summed E-state index contributed by atoms with van der Waals surface area (Å²) in [5.41, 5.74) is 0.627. The fraction of sp³-hybridized carbons (Fsp3) is 0.385. The highest BCUT2D eigenvalue weighted by Crippen LogP contribution is 2.34. The molecule has 0 bridgehead atoms. The molecule has 21 heavy (non-hydrogen) atoms. The largest absolute Gasteiger partial charge is 0.394 e. The minimum atomic E-state index is -1.26. The number of aromatic nitrogens is 2. The summed E-state index contributed by atoms with van der Waals surface area (Å²) in [6.45, 7) is -0.436. The minimum absolute atomic E-state index is 0.207. The van der Waals surface area contributed by atoms with E-state index in [9.17, 15) is 14.6 Å². The van der Waals surface area contributed by atoms with Crippen LogP contribution in [0.2, 0.25) is 0 Å². The van der Waals surface area contributed by atoms with E-state index in [2.05, 4.69) is 9.97 Å². The minimum Gasteiger partial charge on any atom is -0.394 e. The summed E-state index contributed by atoms with van der Waals surface area (Å²) in [6.07, 6.45) is -3.02. The van der Waals surface area contributed by atoms with E-state index in [-0.39, 0.29) is 15.7 Å². The molecule has 2 unspecified atom stereocenters. The fourth-order valence-corrected chi connectivity index (χ4v) is 2.73. The van der Waals surface area contributed by atoms with E-state index in [1.165, 1.54) is 18.3 Å². The van der Waals surface area contributed by atoms with E-state index in [0.29, 0.717) is 5.56 Å². The Labute approximate surface area is 123 Å². The van der Waals surface area contributed by atoms with Gasteiger partial charge in [0.25, 0.3) is 0 Å². The van der Waals surface area contributed by atoms with Crippen molar-refractivity contribution in [3.63, 3.8) is 0 Å². The number of nitrogens with zero attached hydrogens (tertiary/aromatic N) is 1. The van der Waals surface area contributed by atoms with Crippen LogP contribution in [-0.4, -0.2) is 50.2 Å². The van der Waals surface area contributed by atoms with Crippen molar-refractivity contribution in [1.29, 1.82) is 0 Å². The predicted molar refractivity (Wildman–Crippen MR) is 73.6 cm³/mol. The van der Waals surface area contributed by atoms with Crippen molar-refractivity contribution < 1.29 is 24.4 Å².